The summed E-state index contributed by atoms with van der Waals surface area (Å²) < 4.78 is 5.34. The quantitative estimate of drug-likeness (QED) is 0.598. The summed E-state index contributed by atoms with van der Waals surface area (Å²) in [5, 5.41) is 10.5. The highest BCUT2D eigenvalue weighted by molar-refractivity contribution is 7.09. The topological polar surface area (TPSA) is 46.5 Å². The van der Waals surface area contributed by atoms with Gasteiger partial charge in [0.2, 0.25) is 0 Å². The largest absolute Gasteiger partial charge is 0.478 e. The van der Waals surface area contributed by atoms with Crippen molar-refractivity contribution in [2.24, 2.45) is 0 Å². The number of hydrogen-bond acceptors (Lipinski definition) is 3. The normalized spacial score (nSPS) is 11.7. The molecule has 1 aromatic heterocycles. The zero-order chi connectivity index (χ0) is 11.1. The van der Waals surface area contributed by atoms with Gasteiger partial charge in [-0.1, -0.05) is 6.07 Å². The molecule has 0 radical (unpaired) electrons. The lowest BCUT2D eigenvalue weighted by Gasteiger charge is -2.02. The highest BCUT2D eigenvalue weighted by atomic mass is 32.1. The van der Waals surface area contributed by atoms with Crippen LogP contribution in [-0.2, 0) is 16.0 Å². The van der Waals surface area contributed by atoms with E-state index in [1.165, 1.54) is 11.0 Å². The van der Waals surface area contributed by atoms with Gasteiger partial charge in [0.1, 0.15) is 0 Å². The standard InChI is InChI=1S/C11H14O3S/c1-9(7-11(12)13)8-14-5-4-10-3-2-6-15-10/h2-3,6-7H,4-5,8H2,1H3,(H,12,13). The summed E-state index contributed by atoms with van der Waals surface area (Å²) >= 11 is 1.70. The molecule has 0 fully saturated rings. The Bertz CT molecular complexity index is 328. The molecule has 1 heterocycles. The Kier molecular flexibility index (Phi) is 5.07. The van der Waals surface area contributed by atoms with Gasteiger partial charge in [0.25, 0.3) is 0 Å². The molecule has 0 atom stereocenters. The number of hydrogen-bond donors (Lipinski definition) is 1. The fourth-order valence-corrected chi connectivity index (χ4v) is 1.80. The summed E-state index contributed by atoms with van der Waals surface area (Å²) in [7, 11) is 0. The van der Waals surface area contributed by atoms with E-state index in [0.717, 1.165) is 12.0 Å². The van der Waals surface area contributed by atoms with Crippen LogP contribution in [0.2, 0.25) is 0 Å². The average molecular weight is 226 g/mol. The second-order valence-corrected chi connectivity index (χ2v) is 4.24. The molecule has 0 aliphatic rings. The number of carboxylic acid groups (broad SMARTS) is 1. The van der Waals surface area contributed by atoms with Crippen molar-refractivity contribution in [2.45, 2.75) is 13.3 Å². The molecular formula is C11H14O3S. The van der Waals surface area contributed by atoms with Crippen LogP contribution < -0.4 is 0 Å². The molecule has 15 heavy (non-hydrogen) atoms. The van der Waals surface area contributed by atoms with Crippen LogP contribution in [0.3, 0.4) is 0 Å². The molecule has 0 aromatic carbocycles. The van der Waals surface area contributed by atoms with Gasteiger partial charge in [-0.15, -0.1) is 11.3 Å². The first-order valence-corrected chi connectivity index (χ1v) is 5.56. The highest BCUT2D eigenvalue weighted by Crippen LogP contribution is 2.09. The number of carboxylic acids is 1. The minimum atomic E-state index is -0.922. The predicted molar refractivity (Wildman–Crippen MR) is 60.2 cm³/mol. The van der Waals surface area contributed by atoms with Crippen LogP contribution >= 0.6 is 11.3 Å². The molecule has 1 rings (SSSR count). The molecule has 0 bridgehead atoms. The molecule has 3 nitrogen and oxygen atoms in total. The summed E-state index contributed by atoms with van der Waals surface area (Å²) in [5.74, 6) is -0.922. The van der Waals surface area contributed by atoms with E-state index < -0.39 is 5.97 Å². The predicted octanol–water partition coefficient (Wildman–Crippen LogP) is 2.34. The van der Waals surface area contributed by atoms with Crippen LogP contribution in [0.4, 0.5) is 0 Å². The van der Waals surface area contributed by atoms with E-state index in [-0.39, 0.29) is 0 Å². The fraction of sp³-hybridized carbons (Fsp3) is 0.364. The van der Waals surface area contributed by atoms with Crippen LogP contribution in [-0.4, -0.2) is 24.3 Å². The number of aliphatic carboxylic acids is 1. The Labute approximate surface area is 93.0 Å². The van der Waals surface area contributed by atoms with Gasteiger partial charge in [-0.2, -0.15) is 0 Å². The van der Waals surface area contributed by atoms with Gasteiger partial charge < -0.3 is 9.84 Å². The molecule has 1 aromatic rings. The van der Waals surface area contributed by atoms with E-state index in [1.54, 1.807) is 18.3 Å². The van der Waals surface area contributed by atoms with Crippen molar-refractivity contribution in [1.82, 2.24) is 0 Å². The minimum Gasteiger partial charge on any atom is -0.478 e. The zero-order valence-electron chi connectivity index (χ0n) is 8.60. The SMILES string of the molecule is CC(=CC(=O)O)COCCc1cccs1. The number of carbonyl (C=O) groups is 1. The Morgan fingerprint density at radius 1 is 1.67 bits per heavy atom. The number of thiophene rings is 1. The lowest BCUT2D eigenvalue weighted by atomic mass is 10.3. The maximum absolute atomic E-state index is 10.3. The minimum absolute atomic E-state index is 0.387. The van der Waals surface area contributed by atoms with Gasteiger partial charge in [0, 0.05) is 17.4 Å². The zero-order valence-corrected chi connectivity index (χ0v) is 9.42. The van der Waals surface area contributed by atoms with Crippen LogP contribution in [0, 0.1) is 0 Å². The Hall–Kier alpha value is -1.13. The molecule has 0 spiro atoms. The first-order valence-electron chi connectivity index (χ1n) is 4.68. The van der Waals surface area contributed by atoms with Crippen molar-refractivity contribution in [3.8, 4) is 0 Å². The van der Waals surface area contributed by atoms with E-state index in [4.69, 9.17) is 9.84 Å². The summed E-state index contributed by atoms with van der Waals surface area (Å²) in [4.78, 5) is 11.6. The van der Waals surface area contributed by atoms with Crippen molar-refractivity contribution < 1.29 is 14.6 Å². The van der Waals surface area contributed by atoms with Crippen LogP contribution in [0.5, 0.6) is 0 Å². The second kappa shape index (κ2) is 6.37. The van der Waals surface area contributed by atoms with Crippen molar-refractivity contribution in [3.05, 3.63) is 34.0 Å². The third-order valence-corrected chi connectivity index (χ3v) is 2.71. The first-order chi connectivity index (χ1) is 7.18. The molecule has 0 saturated heterocycles. The van der Waals surface area contributed by atoms with Gasteiger partial charge in [-0.3, -0.25) is 0 Å². The van der Waals surface area contributed by atoms with E-state index in [9.17, 15) is 4.79 Å². The summed E-state index contributed by atoms with van der Waals surface area (Å²) in [5.41, 5.74) is 0.730. The average Bonchev–Trinajstić information content (AvgIpc) is 2.63. The molecule has 82 valence electrons. The molecule has 0 unspecified atom stereocenters. The summed E-state index contributed by atoms with van der Waals surface area (Å²) in [6.45, 7) is 2.77. The monoisotopic (exact) mass is 226 g/mol. The van der Waals surface area contributed by atoms with Crippen molar-refractivity contribution in [1.29, 1.82) is 0 Å². The van der Waals surface area contributed by atoms with E-state index in [1.807, 2.05) is 11.4 Å². The lowest BCUT2D eigenvalue weighted by Crippen LogP contribution is -2.02. The summed E-state index contributed by atoms with van der Waals surface area (Å²) in [6, 6.07) is 4.07. The van der Waals surface area contributed by atoms with Crippen molar-refractivity contribution >= 4 is 17.3 Å². The first kappa shape index (κ1) is 11.9. The van der Waals surface area contributed by atoms with Crippen LogP contribution in [0.15, 0.2) is 29.2 Å². The highest BCUT2D eigenvalue weighted by Gasteiger charge is 1.96. The van der Waals surface area contributed by atoms with Gasteiger partial charge in [0.15, 0.2) is 0 Å². The molecule has 0 saturated carbocycles. The van der Waals surface area contributed by atoms with E-state index >= 15 is 0 Å². The number of ether oxygens (including phenoxy) is 1. The maximum Gasteiger partial charge on any atom is 0.328 e. The molecule has 1 N–H and O–H groups in total. The molecule has 0 amide bonds. The van der Waals surface area contributed by atoms with Crippen molar-refractivity contribution in [3.63, 3.8) is 0 Å². The molecule has 0 aliphatic heterocycles. The Balaban J connectivity index is 2.14. The van der Waals surface area contributed by atoms with Gasteiger partial charge in [-0.05, 0) is 23.9 Å². The van der Waals surface area contributed by atoms with Gasteiger partial charge in [-0.25, -0.2) is 4.79 Å². The van der Waals surface area contributed by atoms with Crippen molar-refractivity contribution in [2.75, 3.05) is 13.2 Å². The lowest BCUT2D eigenvalue weighted by molar-refractivity contribution is -0.131. The third-order valence-electron chi connectivity index (χ3n) is 1.77. The van der Waals surface area contributed by atoms with E-state index in [0.29, 0.717) is 13.2 Å². The smallest absolute Gasteiger partial charge is 0.328 e. The maximum atomic E-state index is 10.3. The summed E-state index contributed by atoms with van der Waals surface area (Å²) in [6.07, 6.45) is 2.06. The fourth-order valence-electron chi connectivity index (χ4n) is 1.11. The Morgan fingerprint density at radius 2 is 2.47 bits per heavy atom. The van der Waals surface area contributed by atoms with E-state index in [2.05, 4.69) is 6.07 Å². The Morgan fingerprint density at radius 3 is 3.07 bits per heavy atom. The molecule has 0 aliphatic carbocycles. The van der Waals surface area contributed by atoms with Crippen LogP contribution in [0.1, 0.15) is 11.8 Å². The van der Waals surface area contributed by atoms with Gasteiger partial charge >= 0.3 is 5.97 Å². The third kappa shape index (κ3) is 5.34. The van der Waals surface area contributed by atoms with Gasteiger partial charge in [0.05, 0.1) is 13.2 Å². The number of rotatable bonds is 6. The van der Waals surface area contributed by atoms with Crippen LogP contribution in [0.25, 0.3) is 0 Å². The molecular weight excluding hydrogens is 212 g/mol. The second-order valence-electron chi connectivity index (χ2n) is 3.21. The molecule has 4 heteroatoms.